The largest absolute Gasteiger partial charge is 0.377 e. The molecular weight excluding hydrogens is 486 g/mol. The zero-order chi connectivity index (χ0) is 26.5. The van der Waals surface area contributed by atoms with E-state index in [1.165, 1.54) is 5.56 Å². The van der Waals surface area contributed by atoms with Gasteiger partial charge in [0.15, 0.2) is 5.69 Å². The number of ether oxygens (including phenoxy) is 1. The van der Waals surface area contributed by atoms with Gasteiger partial charge in [-0.05, 0) is 59.0 Å². The molecule has 0 atom stereocenters. The van der Waals surface area contributed by atoms with Crippen LogP contribution in [0.2, 0.25) is 0 Å². The van der Waals surface area contributed by atoms with Crippen molar-refractivity contribution in [2.45, 2.75) is 32.4 Å². The lowest BCUT2D eigenvalue weighted by Crippen LogP contribution is -2.20. The average Bonchev–Trinajstić information content (AvgIpc) is 3.45. The summed E-state index contributed by atoms with van der Waals surface area (Å²) in [5.41, 5.74) is 8.80. The number of benzene rings is 4. The molecule has 1 N–H and O–H groups in total. The molecule has 39 heavy (non-hydrogen) atoms. The Hall–Kier alpha value is -4.73. The molecule has 2 amide bonds. The van der Waals surface area contributed by atoms with E-state index in [1.807, 2.05) is 48.5 Å². The highest BCUT2D eigenvalue weighted by Gasteiger charge is 2.38. The molecule has 7 rings (SSSR count). The highest BCUT2D eigenvalue weighted by Crippen LogP contribution is 2.47. The van der Waals surface area contributed by atoms with Crippen LogP contribution in [0.3, 0.4) is 0 Å². The molecule has 2 heterocycles. The molecular formula is C33H25N3O3. The first-order valence-electron chi connectivity index (χ1n) is 13.2. The number of hydrogen-bond donors (Lipinski definition) is 1. The first-order chi connectivity index (χ1) is 19.2. The van der Waals surface area contributed by atoms with E-state index >= 15 is 0 Å². The monoisotopic (exact) mass is 511 g/mol. The second-order valence-electron chi connectivity index (χ2n) is 10.1. The second kappa shape index (κ2) is 9.23. The SMILES string of the molecule is [C-]#[N+]c1ccc2c(c1)c1c3c(c4c(c1n2CCCOCc1ccccc1)-c1ccccc1CC4)C(=O)NC3=O. The molecule has 0 saturated carbocycles. The third-order valence-corrected chi connectivity index (χ3v) is 7.91. The van der Waals surface area contributed by atoms with Gasteiger partial charge in [-0.2, -0.15) is 0 Å². The van der Waals surface area contributed by atoms with Crippen LogP contribution in [0, 0.1) is 6.57 Å². The summed E-state index contributed by atoms with van der Waals surface area (Å²) >= 11 is 0. The van der Waals surface area contributed by atoms with Crippen molar-refractivity contribution in [3.05, 3.63) is 112 Å². The molecule has 0 unspecified atom stereocenters. The van der Waals surface area contributed by atoms with Gasteiger partial charge in [0, 0.05) is 29.6 Å². The molecule has 190 valence electrons. The topological polar surface area (TPSA) is 64.7 Å². The lowest BCUT2D eigenvalue weighted by molar-refractivity contribution is 0.0880. The van der Waals surface area contributed by atoms with Crippen molar-refractivity contribution in [1.29, 1.82) is 0 Å². The quantitative estimate of drug-likeness (QED) is 0.159. The van der Waals surface area contributed by atoms with Gasteiger partial charge in [-0.25, -0.2) is 4.85 Å². The van der Waals surface area contributed by atoms with Crippen LogP contribution in [-0.2, 0) is 30.7 Å². The number of nitrogens with zero attached hydrogens (tertiary/aromatic N) is 2. The minimum atomic E-state index is -0.361. The summed E-state index contributed by atoms with van der Waals surface area (Å²) in [5, 5.41) is 4.15. The summed E-state index contributed by atoms with van der Waals surface area (Å²) in [5.74, 6) is -0.691. The second-order valence-corrected chi connectivity index (χ2v) is 10.1. The van der Waals surface area contributed by atoms with Crippen LogP contribution < -0.4 is 5.32 Å². The summed E-state index contributed by atoms with van der Waals surface area (Å²) in [4.78, 5) is 30.0. The van der Waals surface area contributed by atoms with E-state index in [9.17, 15) is 9.59 Å². The Kier molecular flexibility index (Phi) is 5.54. The van der Waals surface area contributed by atoms with Crippen molar-refractivity contribution in [3.63, 3.8) is 0 Å². The fraction of sp³-hybridized carbons (Fsp3) is 0.182. The molecule has 1 aliphatic heterocycles. The third kappa shape index (κ3) is 3.66. The molecule has 6 nitrogen and oxygen atoms in total. The molecule has 1 aliphatic carbocycles. The van der Waals surface area contributed by atoms with Crippen LogP contribution in [0.4, 0.5) is 5.69 Å². The number of carbonyl (C=O) groups is 2. The van der Waals surface area contributed by atoms with E-state index in [-0.39, 0.29) is 11.8 Å². The van der Waals surface area contributed by atoms with Gasteiger partial charge in [0.1, 0.15) is 0 Å². The Morgan fingerprint density at radius 2 is 1.69 bits per heavy atom. The van der Waals surface area contributed by atoms with Crippen LogP contribution in [0.1, 0.15) is 43.8 Å². The normalized spacial score (nSPS) is 13.7. The van der Waals surface area contributed by atoms with Crippen molar-refractivity contribution < 1.29 is 14.3 Å². The number of hydrogen-bond acceptors (Lipinski definition) is 3. The third-order valence-electron chi connectivity index (χ3n) is 7.91. The number of fused-ring (bicyclic) bond motifs is 10. The molecule has 0 fully saturated rings. The maximum Gasteiger partial charge on any atom is 0.259 e. The maximum atomic E-state index is 13.2. The maximum absolute atomic E-state index is 13.2. The van der Waals surface area contributed by atoms with E-state index in [2.05, 4.69) is 39.0 Å². The summed E-state index contributed by atoms with van der Waals surface area (Å²) in [7, 11) is 0. The fourth-order valence-corrected chi connectivity index (χ4v) is 6.28. The summed E-state index contributed by atoms with van der Waals surface area (Å²) < 4.78 is 8.26. The number of nitrogens with one attached hydrogen (secondary N) is 1. The molecule has 6 heteroatoms. The lowest BCUT2D eigenvalue weighted by atomic mass is 9.80. The van der Waals surface area contributed by atoms with Gasteiger partial charge in [0.05, 0.1) is 29.8 Å². The number of carbonyl (C=O) groups excluding carboxylic acids is 2. The zero-order valence-corrected chi connectivity index (χ0v) is 21.3. The molecule has 1 aromatic heterocycles. The van der Waals surface area contributed by atoms with E-state index in [1.54, 1.807) is 0 Å². The molecule has 0 bridgehead atoms. The van der Waals surface area contributed by atoms with Crippen LogP contribution in [0.5, 0.6) is 0 Å². The molecule has 4 aromatic carbocycles. The van der Waals surface area contributed by atoms with Gasteiger partial charge < -0.3 is 9.30 Å². The Morgan fingerprint density at radius 1 is 0.897 bits per heavy atom. The number of imide groups is 1. The number of aromatic nitrogens is 1. The Balaban J connectivity index is 1.43. The standard InChI is InChI=1S/C33H25N3O3/c1-34-22-13-15-26-25(18-22)28-30-29(32(37)35-33(30)38)24-14-12-21-10-5-6-11-23(21)27(24)31(28)36(26)16-7-17-39-19-20-8-3-2-4-9-20/h2-6,8-11,13,15,18H,7,12,14,16-17,19H2,(H,35,37,38). The van der Waals surface area contributed by atoms with Gasteiger partial charge in [0.2, 0.25) is 0 Å². The van der Waals surface area contributed by atoms with Crippen LogP contribution in [-0.4, -0.2) is 23.0 Å². The van der Waals surface area contributed by atoms with E-state index < -0.39 is 0 Å². The van der Waals surface area contributed by atoms with E-state index in [4.69, 9.17) is 11.3 Å². The first kappa shape index (κ1) is 23.4. The van der Waals surface area contributed by atoms with Crippen molar-refractivity contribution in [2.75, 3.05) is 6.61 Å². The van der Waals surface area contributed by atoms with Crippen molar-refractivity contribution in [1.82, 2.24) is 9.88 Å². The average molecular weight is 512 g/mol. The Labute approximate surface area is 225 Å². The van der Waals surface area contributed by atoms with Crippen molar-refractivity contribution in [2.24, 2.45) is 0 Å². The van der Waals surface area contributed by atoms with E-state index in [0.29, 0.717) is 43.0 Å². The van der Waals surface area contributed by atoms with Gasteiger partial charge in [0.25, 0.3) is 11.8 Å². The number of aryl methyl sites for hydroxylation is 2. The van der Waals surface area contributed by atoms with E-state index in [0.717, 1.165) is 56.9 Å². The van der Waals surface area contributed by atoms with Gasteiger partial charge in [-0.1, -0.05) is 60.7 Å². The first-order valence-corrected chi connectivity index (χ1v) is 13.2. The lowest BCUT2D eigenvalue weighted by Gasteiger charge is -2.24. The molecule has 2 aliphatic rings. The Bertz CT molecular complexity index is 1860. The summed E-state index contributed by atoms with van der Waals surface area (Å²) in [6, 6.07) is 24.1. The van der Waals surface area contributed by atoms with Crippen LogP contribution >= 0.6 is 0 Å². The zero-order valence-electron chi connectivity index (χ0n) is 21.3. The summed E-state index contributed by atoms with van der Waals surface area (Å²) in [6.07, 6.45) is 2.28. The highest BCUT2D eigenvalue weighted by molar-refractivity contribution is 6.33. The van der Waals surface area contributed by atoms with Crippen LogP contribution in [0.25, 0.3) is 37.8 Å². The predicted octanol–water partition coefficient (Wildman–Crippen LogP) is 6.60. The molecule has 0 radical (unpaired) electrons. The fourth-order valence-electron chi connectivity index (χ4n) is 6.28. The van der Waals surface area contributed by atoms with Gasteiger partial charge >= 0.3 is 0 Å². The van der Waals surface area contributed by atoms with Crippen molar-refractivity contribution in [3.8, 4) is 11.1 Å². The highest BCUT2D eigenvalue weighted by atomic mass is 16.5. The van der Waals surface area contributed by atoms with Gasteiger partial charge in [-0.15, -0.1) is 0 Å². The minimum absolute atomic E-state index is 0.330. The Morgan fingerprint density at radius 3 is 2.54 bits per heavy atom. The minimum Gasteiger partial charge on any atom is -0.377 e. The number of rotatable bonds is 6. The molecule has 0 spiro atoms. The molecule has 0 saturated heterocycles. The molecule has 5 aromatic rings. The smallest absolute Gasteiger partial charge is 0.259 e. The summed E-state index contributed by atoms with van der Waals surface area (Å²) in [6.45, 7) is 9.42. The number of amides is 2. The van der Waals surface area contributed by atoms with Crippen LogP contribution in [0.15, 0.2) is 72.8 Å². The van der Waals surface area contributed by atoms with Crippen molar-refractivity contribution >= 4 is 39.3 Å². The van der Waals surface area contributed by atoms with Gasteiger partial charge in [-0.3, -0.25) is 14.9 Å². The predicted molar refractivity (Wildman–Crippen MR) is 151 cm³/mol.